The highest BCUT2D eigenvalue weighted by molar-refractivity contribution is 5.96. The van der Waals surface area contributed by atoms with Crippen molar-refractivity contribution < 1.29 is 24.5 Å². The third-order valence-electron chi connectivity index (χ3n) is 5.63. The number of ketones is 1. The topological polar surface area (TPSA) is 83.8 Å². The summed E-state index contributed by atoms with van der Waals surface area (Å²) in [7, 11) is 0. The van der Waals surface area contributed by atoms with Crippen LogP contribution in [-0.4, -0.2) is 39.8 Å². The van der Waals surface area contributed by atoms with Gasteiger partial charge in [0.1, 0.15) is 12.2 Å². The molecule has 0 fully saturated rings. The Morgan fingerprint density at radius 1 is 1.46 bits per heavy atom. The van der Waals surface area contributed by atoms with Crippen molar-refractivity contribution >= 4 is 11.8 Å². The molecule has 0 spiro atoms. The van der Waals surface area contributed by atoms with Crippen molar-refractivity contribution in [1.29, 1.82) is 0 Å². The molecule has 0 heterocycles. The van der Waals surface area contributed by atoms with Crippen molar-refractivity contribution in [1.82, 2.24) is 0 Å². The Bertz CT molecular complexity index is 683. The summed E-state index contributed by atoms with van der Waals surface area (Å²) in [5.74, 6) is -0.826. The maximum Gasteiger partial charge on any atom is 0.331 e. The summed E-state index contributed by atoms with van der Waals surface area (Å²) in [5.41, 5.74) is -0.449. The molecule has 0 bridgehead atoms. The maximum atomic E-state index is 12.1. The molecular weight excluding hydrogens is 332 g/mol. The molecule has 0 aromatic heterocycles. The smallest absolute Gasteiger partial charge is 0.331 e. The largest absolute Gasteiger partial charge is 0.455 e. The molecule has 2 rings (SSSR count). The average Bonchev–Trinajstić information content (AvgIpc) is 2.57. The van der Waals surface area contributed by atoms with E-state index in [-0.39, 0.29) is 11.7 Å². The number of carbonyl (C=O) groups excluding carboxylic acids is 2. The number of carbonyl (C=O) groups is 2. The molecule has 2 N–H and O–H groups in total. The van der Waals surface area contributed by atoms with E-state index < -0.39 is 29.2 Å². The molecule has 0 aromatic rings. The van der Waals surface area contributed by atoms with Crippen molar-refractivity contribution in [2.45, 2.75) is 58.3 Å². The first-order valence-electron chi connectivity index (χ1n) is 9.00. The Morgan fingerprint density at radius 2 is 2.15 bits per heavy atom. The zero-order valence-corrected chi connectivity index (χ0v) is 15.8. The molecule has 2 aliphatic carbocycles. The van der Waals surface area contributed by atoms with Gasteiger partial charge in [-0.05, 0) is 37.5 Å². The summed E-state index contributed by atoms with van der Waals surface area (Å²) >= 11 is 0. The van der Waals surface area contributed by atoms with Gasteiger partial charge in [0, 0.05) is 17.4 Å². The molecule has 26 heavy (non-hydrogen) atoms. The summed E-state index contributed by atoms with van der Waals surface area (Å²) in [4.78, 5) is 23.8. The van der Waals surface area contributed by atoms with Crippen LogP contribution in [0, 0.1) is 11.3 Å². The minimum atomic E-state index is -1.01. The Balaban J connectivity index is 2.05. The van der Waals surface area contributed by atoms with Crippen LogP contribution in [-0.2, 0) is 14.3 Å². The van der Waals surface area contributed by atoms with E-state index in [1.807, 2.05) is 26.8 Å². The molecule has 0 amide bonds. The first kappa shape index (κ1) is 20.3. The number of rotatable bonds is 5. The van der Waals surface area contributed by atoms with Crippen molar-refractivity contribution in [2.24, 2.45) is 11.3 Å². The molecule has 5 heteroatoms. The van der Waals surface area contributed by atoms with Gasteiger partial charge in [0.25, 0.3) is 0 Å². The minimum absolute atomic E-state index is 0.0739. The van der Waals surface area contributed by atoms with Gasteiger partial charge in [-0.3, -0.25) is 4.79 Å². The molecule has 5 atom stereocenters. The van der Waals surface area contributed by atoms with Crippen LogP contribution in [0.3, 0.4) is 0 Å². The van der Waals surface area contributed by atoms with Crippen LogP contribution in [0.5, 0.6) is 0 Å². The van der Waals surface area contributed by atoms with E-state index in [1.165, 1.54) is 12.2 Å². The van der Waals surface area contributed by atoms with E-state index >= 15 is 0 Å². The van der Waals surface area contributed by atoms with E-state index in [9.17, 15) is 19.8 Å². The SMILES string of the molecule is CC[C@](C)(O)/C=C/C=C/C(=O)O[C@H]1C=CC2=CC(=O)[C@H](O)C[C@]2(C)[C@H]1C. The van der Waals surface area contributed by atoms with Gasteiger partial charge in [0.15, 0.2) is 5.78 Å². The number of ether oxygens (including phenoxy) is 1. The lowest BCUT2D eigenvalue weighted by Crippen LogP contribution is -2.45. The van der Waals surface area contributed by atoms with Crippen LogP contribution in [0.25, 0.3) is 0 Å². The summed E-state index contributed by atoms with van der Waals surface area (Å²) in [5, 5.41) is 19.8. The van der Waals surface area contributed by atoms with E-state index in [0.717, 1.165) is 5.57 Å². The Hall–Kier alpha value is -1.98. The normalized spacial score (nSPS) is 33.8. The van der Waals surface area contributed by atoms with Gasteiger partial charge < -0.3 is 14.9 Å². The zero-order chi connectivity index (χ0) is 19.5. The molecule has 0 aromatic carbocycles. The first-order chi connectivity index (χ1) is 12.1. The highest BCUT2D eigenvalue weighted by Crippen LogP contribution is 2.48. The molecule has 0 saturated heterocycles. The third kappa shape index (κ3) is 4.40. The van der Waals surface area contributed by atoms with Gasteiger partial charge in [0.2, 0.25) is 0 Å². The number of hydrogen-bond donors (Lipinski definition) is 2. The second kappa shape index (κ2) is 7.72. The molecule has 0 aliphatic heterocycles. The number of aliphatic hydroxyl groups excluding tert-OH is 1. The van der Waals surface area contributed by atoms with Gasteiger partial charge in [-0.1, -0.05) is 45.1 Å². The third-order valence-corrected chi connectivity index (χ3v) is 5.63. The fraction of sp³-hybridized carbons (Fsp3) is 0.524. The van der Waals surface area contributed by atoms with Crippen LogP contribution in [0.15, 0.2) is 48.1 Å². The van der Waals surface area contributed by atoms with Gasteiger partial charge in [-0.15, -0.1) is 0 Å². The predicted octanol–water partition coefficient (Wildman–Crippen LogP) is 2.64. The van der Waals surface area contributed by atoms with Crippen molar-refractivity contribution in [3.05, 3.63) is 48.1 Å². The van der Waals surface area contributed by atoms with E-state index in [1.54, 1.807) is 31.2 Å². The molecule has 0 unspecified atom stereocenters. The average molecular weight is 360 g/mol. The highest BCUT2D eigenvalue weighted by atomic mass is 16.5. The number of fused-ring (bicyclic) bond motifs is 1. The summed E-state index contributed by atoms with van der Waals surface area (Å²) in [6.07, 6.45) is 10.6. The molecule has 2 aliphatic rings. The molecular formula is C21H28O5. The number of aliphatic hydroxyl groups is 2. The second-order valence-corrected chi connectivity index (χ2v) is 7.62. The lowest BCUT2D eigenvalue weighted by Gasteiger charge is -2.45. The Morgan fingerprint density at radius 3 is 2.81 bits per heavy atom. The molecule has 0 radical (unpaired) electrons. The molecule has 0 saturated carbocycles. The van der Waals surface area contributed by atoms with Crippen LogP contribution in [0.1, 0.15) is 40.5 Å². The first-order valence-corrected chi connectivity index (χ1v) is 9.00. The van der Waals surface area contributed by atoms with Gasteiger partial charge in [-0.2, -0.15) is 0 Å². The highest BCUT2D eigenvalue weighted by Gasteiger charge is 2.46. The van der Waals surface area contributed by atoms with Crippen LogP contribution < -0.4 is 0 Å². The molecule has 5 nitrogen and oxygen atoms in total. The Labute approximate surface area is 154 Å². The number of esters is 1. The summed E-state index contributed by atoms with van der Waals surface area (Å²) in [6, 6.07) is 0. The maximum absolute atomic E-state index is 12.1. The predicted molar refractivity (Wildman–Crippen MR) is 99.2 cm³/mol. The minimum Gasteiger partial charge on any atom is -0.455 e. The monoisotopic (exact) mass is 360 g/mol. The van der Waals surface area contributed by atoms with Gasteiger partial charge in [0.05, 0.1) is 5.60 Å². The lowest BCUT2D eigenvalue weighted by atomic mass is 9.61. The van der Waals surface area contributed by atoms with Crippen molar-refractivity contribution in [2.75, 3.05) is 0 Å². The van der Waals surface area contributed by atoms with Gasteiger partial charge >= 0.3 is 5.97 Å². The van der Waals surface area contributed by atoms with Crippen LogP contribution in [0.4, 0.5) is 0 Å². The van der Waals surface area contributed by atoms with Crippen LogP contribution >= 0.6 is 0 Å². The van der Waals surface area contributed by atoms with E-state index in [0.29, 0.717) is 12.8 Å². The fourth-order valence-corrected chi connectivity index (χ4v) is 3.28. The summed E-state index contributed by atoms with van der Waals surface area (Å²) < 4.78 is 5.54. The van der Waals surface area contributed by atoms with E-state index in [2.05, 4.69) is 0 Å². The van der Waals surface area contributed by atoms with E-state index in [4.69, 9.17) is 4.74 Å². The zero-order valence-electron chi connectivity index (χ0n) is 15.8. The standard InChI is InChI=1S/C21H28O5/c1-5-20(3,25)11-7-6-8-19(24)26-18-10-9-15-12-16(22)17(23)13-21(15,4)14(18)2/h6-12,14,17-18,23,25H,5,13H2,1-4H3/b8-6+,11-7+/t14-,17+,18-,20-,21+/m0/s1. The number of allylic oxidation sites excluding steroid dienone is 4. The number of hydrogen-bond acceptors (Lipinski definition) is 5. The van der Waals surface area contributed by atoms with Gasteiger partial charge in [-0.25, -0.2) is 4.79 Å². The van der Waals surface area contributed by atoms with Crippen molar-refractivity contribution in [3.8, 4) is 0 Å². The quantitative estimate of drug-likeness (QED) is 0.447. The van der Waals surface area contributed by atoms with Crippen molar-refractivity contribution in [3.63, 3.8) is 0 Å². The fourth-order valence-electron chi connectivity index (χ4n) is 3.28. The Kier molecular flexibility index (Phi) is 6.04. The summed E-state index contributed by atoms with van der Waals surface area (Å²) in [6.45, 7) is 7.51. The van der Waals surface area contributed by atoms with Crippen LogP contribution in [0.2, 0.25) is 0 Å². The lowest BCUT2D eigenvalue weighted by molar-refractivity contribution is -0.145. The second-order valence-electron chi connectivity index (χ2n) is 7.62. The molecule has 142 valence electrons.